The SMILES string of the molecule is CCCCO.CCCCO.CCCCOC(=O)c1ccccc1C(=O)OO.CCCCOO.[O]=[Ti]. The van der Waals surface area contributed by atoms with E-state index in [2.05, 4.69) is 23.6 Å². The van der Waals surface area contributed by atoms with Crippen LogP contribution >= 0.6 is 0 Å². The van der Waals surface area contributed by atoms with Crippen molar-refractivity contribution in [2.45, 2.75) is 79.1 Å². The predicted octanol–water partition coefficient (Wildman–Crippen LogP) is 4.99. The van der Waals surface area contributed by atoms with Gasteiger partial charge >= 0.3 is 35.7 Å². The Morgan fingerprint density at radius 3 is 1.40 bits per heavy atom. The van der Waals surface area contributed by atoms with Crippen molar-refractivity contribution in [2.24, 2.45) is 0 Å². The fourth-order valence-corrected chi connectivity index (χ4v) is 1.80. The van der Waals surface area contributed by atoms with E-state index in [0.717, 1.165) is 71.8 Å². The molecule has 0 fully saturated rings. The normalized spacial score (nSPS) is 8.77. The Bertz CT molecular complexity index is 559. The van der Waals surface area contributed by atoms with Crippen LogP contribution in [0.15, 0.2) is 24.3 Å². The molecule has 0 amide bonds. The van der Waals surface area contributed by atoms with Crippen molar-refractivity contribution in [1.82, 2.24) is 0 Å². The first-order valence-corrected chi connectivity index (χ1v) is 12.4. The van der Waals surface area contributed by atoms with Gasteiger partial charge in [-0.3, -0.25) is 10.1 Å². The second-order valence-corrected chi connectivity index (χ2v) is 6.75. The van der Waals surface area contributed by atoms with Crippen LogP contribution < -0.4 is 0 Å². The Kier molecular flexibility index (Phi) is 43.0. The number of rotatable bonds is 12. The van der Waals surface area contributed by atoms with Crippen LogP contribution in [-0.4, -0.2) is 59.1 Å². The number of ether oxygens (including phenoxy) is 1. The van der Waals surface area contributed by atoms with Crippen molar-refractivity contribution in [3.63, 3.8) is 0 Å². The monoisotopic (exact) mass is 540 g/mol. The van der Waals surface area contributed by atoms with Gasteiger partial charge in [0.25, 0.3) is 0 Å². The number of unbranched alkanes of at least 4 members (excludes halogenated alkanes) is 4. The maximum absolute atomic E-state index is 11.6. The fraction of sp³-hybridized carbons (Fsp3) is 0.667. The van der Waals surface area contributed by atoms with E-state index in [1.165, 1.54) is 12.1 Å². The molecule has 0 saturated heterocycles. The number of aliphatic hydroxyl groups excluding tert-OH is 2. The number of carbonyl (C=O) groups excluding carboxylic acids is 2. The molecule has 0 radical (unpaired) electrons. The van der Waals surface area contributed by atoms with E-state index in [9.17, 15) is 9.59 Å². The van der Waals surface area contributed by atoms with Gasteiger partial charge in [-0.05, 0) is 37.8 Å². The first kappa shape index (κ1) is 40.6. The van der Waals surface area contributed by atoms with Crippen LogP contribution in [-0.2, 0) is 38.2 Å². The molecule has 1 rings (SSSR count). The summed E-state index contributed by atoms with van der Waals surface area (Å²) >= 11 is 0.750. The van der Waals surface area contributed by atoms with Crippen molar-refractivity contribution < 1.29 is 68.6 Å². The van der Waals surface area contributed by atoms with Gasteiger partial charge < -0.3 is 14.9 Å². The number of hydrogen-bond acceptors (Lipinski definition) is 10. The topological polar surface area (TPSA) is 160 Å². The van der Waals surface area contributed by atoms with Crippen molar-refractivity contribution >= 4 is 11.9 Å². The van der Waals surface area contributed by atoms with Crippen LogP contribution in [0.5, 0.6) is 0 Å². The molecule has 204 valence electrons. The Balaban J connectivity index is -0.000000219. The summed E-state index contributed by atoms with van der Waals surface area (Å²) in [6.07, 6.45) is 7.76. The standard InChI is InChI=1S/C12H14O5.C4H10O2.2C4H10O.O.Ti/c1-2-3-8-16-11(13)9-6-4-5-7-10(9)12(14)17-15;1-2-3-4-6-5;2*1-2-3-4-5;;/h4-7,15H,2-3,8H2,1H3;5H,2-4H2,1H3;2*5H,2-4H2,1H3;;. The van der Waals surface area contributed by atoms with E-state index in [1.807, 2.05) is 13.8 Å². The molecule has 0 aliphatic heterocycles. The number of carbonyl (C=O) groups is 2. The first-order chi connectivity index (χ1) is 16.9. The summed E-state index contributed by atoms with van der Waals surface area (Å²) in [5.74, 6) is -1.58. The molecule has 1 aromatic rings. The van der Waals surface area contributed by atoms with Crippen LogP contribution in [0.1, 0.15) is 99.8 Å². The van der Waals surface area contributed by atoms with Gasteiger partial charge in [0, 0.05) is 13.2 Å². The van der Waals surface area contributed by atoms with Crippen molar-refractivity contribution in [1.29, 1.82) is 0 Å². The van der Waals surface area contributed by atoms with E-state index < -0.39 is 11.9 Å². The minimum absolute atomic E-state index is 0.0171. The third kappa shape index (κ3) is 30.4. The summed E-state index contributed by atoms with van der Waals surface area (Å²) in [6.45, 7) is 9.58. The van der Waals surface area contributed by atoms with E-state index >= 15 is 0 Å². The van der Waals surface area contributed by atoms with Crippen molar-refractivity contribution in [3.8, 4) is 0 Å². The van der Waals surface area contributed by atoms with E-state index in [-0.39, 0.29) is 11.1 Å². The third-order valence-electron chi connectivity index (χ3n) is 3.79. The van der Waals surface area contributed by atoms with Gasteiger partial charge in [0.05, 0.1) is 24.3 Å². The zero-order valence-electron chi connectivity index (χ0n) is 21.5. The summed E-state index contributed by atoms with van der Waals surface area (Å²) in [7, 11) is 0. The summed E-state index contributed by atoms with van der Waals surface area (Å²) in [6, 6.07) is 6.00. The molecule has 10 nitrogen and oxygen atoms in total. The molecule has 0 spiro atoms. The van der Waals surface area contributed by atoms with Crippen LogP contribution in [0.2, 0.25) is 0 Å². The van der Waals surface area contributed by atoms with Crippen LogP contribution in [0, 0.1) is 0 Å². The fourth-order valence-electron chi connectivity index (χ4n) is 1.80. The van der Waals surface area contributed by atoms with Gasteiger partial charge in [-0.25, -0.2) is 14.5 Å². The van der Waals surface area contributed by atoms with Gasteiger partial charge in [0.15, 0.2) is 0 Å². The number of hydrogen-bond donors (Lipinski definition) is 4. The number of esters is 1. The average Bonchev–Trinajstić information content (AvgIpc) is 2.90. The molecule has 0 aliphatic rings. The van der Waals surface area contributed by atoms with Crippen LogP contribution in [0.4, 0.5) is 0 Å². The average molecular weight is 540 g/mol. The Labute approximate surface area is 221 Å². The Morgan fingerprint density at radius 2 is 1.11 bits per heavy atom. The predicted molar refractivity (Wildman–Crippen MR) is 128 cm³/mol. The second-order valence-electron chi connectivity index (χ2n) is 6.75. The van der Waals surface area contributed by atoms with Crippen LogP contribution in [0.3, 0.4) is 0 Å². The molecule has 0 bridgehead atoms. The summed E-state index contributed by atoms with van der Waals surface area (Å²) in [4.78, 5) is 30.2. The molecule has 11 heteroatoms. The van der Waals surface area contributed by atoms with Gasteiger partial charge in [0.2, 0.25) is 0 Å². The van der Waals surface area contributed by atoms with E-state index in [0.29, 0.717) is 26.4 Å². The zero-order chi connectivity index (χ0) is 27.7. The Morgan fingerprint density at radius 1 is 0.714 bits per heavy atom. The van der Waals surface area contributed by atoms with E-state index in [4.69, 9.17) is 28.8 Å². The molecule has 1 aromatic carbocycles. The maximum atomic E-state index is 11.6. The molecule has 0 heterocycles. The molecule has 0 unspecified atom stereocenters. The molecule has 35 heavy (non-hydrogen) atoms. The zero-order valence-corrected chi connectivity index (χ0v) is 23.1. The third-order valence-corrected chi connectivity index (χ3v) is 3.79. The van der Waals surface area contributed by atoms with E-state index in [1.54, 1.807) is 12.1 Å². The molecule has 0 aliphatic carbocycles. The number of aliphatic hydroxyl groups is 2. The summed E-state index contributed by atoms with van der Waals surface area (Å²) in [5.41, 5.74) is 0.0687. The number of benzene rings is 1. The molecular formula is C24H44O10Ti. The summed E-state index contributed by atoms with van der Waals surface area (Å²) < 4.78 is 13.2. The second kappa shape index (κ2) is 37.0. The van der Waals surface area contributed by atoms with Gasteiger partial charge in [-0.2, -0.15) is 5.26 Å². The summed E-state index contributed by atoms with van der Waals surface area (Å²) in [5, 5.41) is 32.1. The Hall–Kier alpha value is -1.53. The molecular weight excluding hydrogens is 496 g/mol. The minimum atomic E-state index is -0.979. The van der Waals surface area contributed by atoms with Crippen molar-refractivity contribution in [2.75, 3.05) is 26.4 Å². The van der Waals surface area contributed by atoms with Crippen molar-refractivity contribution in [3.05, 3.63) is 35.4 Å². The molecule has 0 aromatic heterocycles. The van der Waals surface area contributed by atoms with Gasteiger partial charge in [-0.1, -0.05) is 65.5 Å². The molecule has 0 saturated carbocycles. The molecule has 0 atom stereocenters. The van der Waals surface area contributed by atoms with Crippen LogP contribution in [0.25, 0.3) is 0 Å². The molecule has 4 N–H and O–H groups in total. The van der Waals surface area contributed by atoms with Gasteiger partial charge in [-0.15, -0.1) is 0 Å². The quantitative estimate of drug-likeness (QED) is 0.0935. The van der Waals surface area contributed by atoms with Gasteiger partial charge in [0.1, 0.15) is 0 Å². The first-order valence-electron chi connectivity index (χ1n) is 11.8.